The number of carbonyl (C=O) groups is 1. The molecule has 0 bridgehead atoms. The Bertz CT molecular complexity index is 1160. The van der Waals surface area contributed by atoms with Crippen molar-refractivity contribution in [2.24, 2.45) is 0 Å². The summed E-state index contributed by atoms with van der Waals surface area (Å²) in [7, 11) is 3.17. The van der Waals surface area contributed by atoms with Gasteiger partial charge in [-0.1, -0.05) is 30.3 Å². The molecule has 1 aliphatic heterocycles. The quantitative estimate of drug-likeness (QED) is 0.614. The molecule has 0 radical (unpaired) electrons. The SMILES string of the molecule is COc1cc2nccc(OC3=CC=C(NC(=O)Cc4ccccc4)CN3)c2cc1OC. The van der Waals surface area contributed by atoms with E-state index in [2.05, 4.69) is 15.6 Å². The van der Waals surface area contributed by atoms with Crippen LogP contribution in [0.1, 0.15) is 5.56 Å². The van der Waals surface area contributed by atoms with E-state index in [-0.39, 0.29) is 5.91 Å². The number of aromatic nitrogens is 1. The molecular weight excluding hydrogens is 394 g/mol. The third kappa shape index (κ3) is 4.78. The number of pyridine rings is 1. The van der Waals surface area contributed by atoms with Crippen molar-refractivity contribution in [2.75, 3.05) is 20.8 Å². The first-order valence-electron chi connectivity index (χ1n) is 9.83. The lowest BCUT2D eigenvalue weighted by Crippen LogP contribution is -2.33. The van der Waals surface area contributed by atoms with Gasteiger partial charge < -0.3 is 24.8 Å². The first kappa shape index (κ1) is 20.3. The van der Waals surface area contributed by atoms with E-state index in [1.807, 2.05) is 48.5 Å². The summed E-state index contributed by atoms with van der Waals surface area (Å²) in [6.45, 7) is 0.451. The summed E-state index contributed by atoms with van der Waals surface area (Å²) >= 11 is 0. The van der Waals surface area contributed by atoms with E-state index in [0.717, 1.165) is 22.2 Å². The Morgan fingerprint density at radius 1 is 1.03 bits per heavy atom. The third-order valence-electron chi connectivity index (χ3n) is 4.82. The number of allylic oxidation sites excluding steroid dienone is 2. The molecule has 2 aromatic carbocycles. The zero-order chi connectivity index (χ0) is 21.6. The van der Waals surface area contributed by atoms with Crippen molar-refractivity contribution in [3.05, 3.63) is 84.0 Å². The minimum Gasteiger partial charge on any atom is -0.493 e. The van der Waals surface area contributed by atoms with E-state index in [9.17, 15) is 4.79 Å². The fraction of sp³-hybridized carbons (Fsp3) is 0.167. The van der Waals surface area contributed by atoms with E-state index < -0.39 is 0 Å². The number of nitrogens with one attached hydrogen (secondary N) is 2. The van der Waals surface area contributed by atoms with Crippen molar-refractivity contribution >= 4 is 16.8 Å². The van der Waals surface area contributed by atoms with Crippen molar-refractivity contribution in [3.8, 4) is 17.2 Å². The van der Waals surface area contributed by atoms with Crippen LogP contribution in [0.4, 0.5) is 0 Å². The normalized spacial score (nSPS) is 13.0. The van der Waals surface area contributed by atoms with Gasteiger partial charge in [-0.15, -0.1) is 0 Å². The van der Waals surface area contributed by atoms with Gasteiger partial charge >= 0.3 is 0 Å². The summed E-state index contributed by atoms with van der Waals surface area (Å²) in [5.74, 6) is 2.35. The molecule has 0 saturated heterocycles. The molecule has 3 aromatic rings. The number of fused-ring (bicyclic) bond motifs is 1. The fourth-order valence-corrected chi connectivity index (χ4v) is 3.29. The summed E-state index contributed by atoms with van der Waals surface area (Å²) in [6.07, 6.45) is 5.63. The number of ether oxygens (including phenoxy) is 3. The summed E-state index contributed by atoms with van der Waals surface area (Å²) in [5, 5.41) is 6.91. The monoisotopic (exact) mass is 417 g/mol. The molecule has 4 rings (SSSR count). The highest BCUT2D eigenvalue weighted by Gasteiger charge is 2.14. The molecule has 7 heteroatoms. The average molecular weight is 417 g/mol. The number of nitrogens with zero attached hydrogens (tertiary/aromatic N) is 1. The number of hydrogen-bond acceptors (Lipinski definition) is 6. The standard InChI is InChI=1S/C24H23N3O4/c1-29-21-13-18-19(14-22(21)30-2)25-11-10-20(18)31-24-9-8-17(15-26-24)27-23(28)12-16-6-4-3-5-7-16/h3-11,13-14,26H,12,15H2,1-2H3,(H,27,28). The molecule has 1 aromatic heterocycles. The number of amides is 1. The molecule has 0 aliphatic carbocycles. The highest BCUT2D eigenvalue weighted by Crippen LogP contribution is 2.35. The lowest BCUT2D eigenvalue weighted by Gasteiger charge is -2.19. The second-order valence-corrected chi connectivity index (χ2v) is 6.92. The average Bonchev–Trinajstić information content (AvgIpc) is 2.80. The molecule has 0 spiro atoms. The fourth-order valence-electron chi connectivity index (χ4n) is 3.29. The van der Waals surface area contributed by atoms with Crippen LogP contribution in [0, 0.1) is 0 Å². The number of carbonyl (C=O) groups excluding carboxylic acids is 1. The minimum absolute atomic E-state index is 0.0572. The van der Waals surface area contributed by atoms with Crippen LogP contribution in [-0.2, 0) is 11.2 Å². The van der Waals surface area contributed by atoms with Crippen LogP contribution in [0.2, 0.25) is 0 Å². The van der Waals surface area contributed by atoms with Gasteiger partial charge in [0.25, 0.3) is 0 Å². The van der Waals surface area contributed by atoms with Crippen LogP contribution >= 0.6 is 0 Å². The molecule has 0 atom stereocenters. The number of dihydropyridines is 1. The molecule has 1 amide bonds. The van der Waals surface area contributed by atoms with Gasteiger partial charge in [0.1, 0.15) is 5.75 Å². The minimum atomic E-state index is -0.0572. The van der Waals surface area contributed by atoms with Gasteiger partial charge in [-0.2, -0.15) is 0 Å². The summed E-state index contributed by atoms with van der Waals surface area (Å²) in [6, 6.07) is 15.1. The van der Waals surface area contributed by atoms with Crippen molar-refractivity contribution in [1.82, 2.24) is 15.6 Å². The summed E-state index contributed by atoms with van der Waals surface area (Å²) < 4.78 is 16.8. The zero-order valence-corrected chi connectivity index (χ0v) is 17.3. The van der Waals surface area contributed by atoms with E-state index >= 15 is 0 Å². The predicted molar refractivity (Wildman–Crippen MR) is 118 cm³/mol. The van der Waals surface area contributed by atoms with Crippen molar-refractivity contribution in [1.29, 1.82) is 0 Å². The second-order valence-electron chi connectivity index (χ2n) is 6.92. The number of hydrogen-bond donors (Lipinski definition) is 2. The second kappa shape index (κ2) is 9.21. The number of methoxy groups -OCH3 is 2. The lowest BCUT2D eigenvalue weighted by molar-refractivity contribution is -0.119. The van der Waals surface area contributed by atoms with Crippen LogP contribution in [0.25, 0.3) is 10.9 Å². The zero-order valence-electron chi connectivity index (χ0n) is 17.3. The van der Waals surface area contributed by atoms with Gasteiger partial charge in [0, 0.05) is 29.4 Å². The Labute approximate surface area is 180 Å². The summed E-state index contributed by atoms with van der Waals surface area (Å²) in [4.78, 5) is 16.6. The first-order valence-corrected chi connectivity index (χ1v) is 9.83. The molecule has 31 heavy (non-hydrogen) atoms. The lowest BCUT2D eigenvalue weighted by atomic mass is 10.1. The maximum atomic E-state index is 12.3. The molecule has 2 N–H and O–H groups in total. The predicted octanol–water partition coefficient (Wildman–Crippen LogP) is 3.32. The Kier molecular flexibility index (Phi) is 6.03. The van der Waals surface area contributed by atoms with Crippen molar-refractivity contribution in [2.45, 2.75) is 6.42 Å². The largest absolute Gasteiger partial charge is 0.493 e. The molecule has 158 valence electrons. The van der Waals surface area contributed by atoms with Gasteiger partial charge in [0.2, 0.25) is 5.91 Å². The Hall–Kier alpha value is -4.00. The highest BCUT2D eigenvalue weighted by molar-refractivity contribution is 5.88. The third-order valence-corrected chi connectivity index (χ3v) is 4.82. The van der Waals surface area contributed by atoms with Crippen LogP contribution in [0.3, 0.4) is 0 Å². The first-order chi connectivity index (χ1) is 15.2. The Morgan fingerprint density at radius 3 is 2.52 bits per heavy atom. The number of benzene rings is 2. The Balaban J connectivity index is 1.47. The molecule has 1 aliphatic rings. The van der Waals surface area contributed by atoms with Crippen LogP contribution in [-0.4, -0.2) is 31.7 Å². The summed E-state index contributed by atoms with van der Waals surface area (Å²) in [5.41, 5.74) is 2.48. The molecule has 0 unspecified atom stereocenters. The molecule has 0 fully saturated rings. The smallest absolute Gasteiger partial charge is 0.228 e. The van der Waals surface area contributed by atoms with Crippen LogP contribution in [0.5, 0.6) is 17.2 Å². The maximum absolute atomic E-state index is 12.3. The Morgan fingerprint density at radius 2 is 1.81 bits per heavy atom. The van der Waals surface area contributed by atoms with E-state index in [1.54, 1.807) is 32.6 Å². The molecule has 7 nitrogen and oxygen atoms in total. The maximum Gasteiger partial charge on any atom is 0.228 e. The molecule has 0 saturated carbocycles. The van der Waals surface area contributed by atoms with E-state index in [0.29, 0.717) is 36.1 Å². The van der Waals surface area contributed by atoms with Crippen LogP contribution < -0.4 is 24.8 Å². The molecular formula is C24H23N3O4. The van der Waals surface area contributed by atoms with Gasteiger partial charge in [-0.25, -0.2) is 0 Å². The topological polar surface area (TPSA) is 81.7 Å². The number of rotatable bonds is 7. The van der Waals surface area contributed by atoms with E-state index in [4.69, 9.17) is 14.2 Å². The van der Waals surface area contributed by atoms with Crippen LogP contribution in [0.15, 0.2) is 78.5 Å². The van der Waals surface area contributed by atoms with Gasteiger partial charge in [-0.3, -0.25) is 9.78 Å². The molecule has 2 heterocycles. The van der Waals surface area contributed by atoms with Gasteiger partial charge in [0.05, 0.1) is 32.7 Å². The van der Waals surface area contributed by atoms with Crippen molar-refractivity contribution < 1.29 is 19.0 Å². The van der Waals surface area contributed by atoms with E-state index in [1.165, 1.54) is 0 Å². The van der Waals surface area contributed by atoms with Gasteiger partial charge in [-0.05, 0) is 23.8 Å². The van der Waals surface area contributed by atoms with Gasteiger partial charge in [0.15, 0.2) is 17.4 Å². The van der Waals surface area contributed by atoms with Crippen molar-refractivity contribution in [3.63, 3.8) is 0 Å². The highest BCUT2D eigenvalue weighted by atomic mass is 16.5.